The fourth-order valence-electron chi connectivity index (χ4n) is 0. The number of carbonyl (C=O) groups is 6. The molecule has 0 amide bonds. The number of rotatable bonds is 0. The number of aliphatic carboxylic acids is 6. The van der Waals surface area contributed by atoms with Gasteiger partial charge < -0.3 is 97.7 Å². The smallest absolute Gasteiger partial charge is 0.543 e. The van der Waals surface area contributed by atoms with Crippen molar-refractivity contribution in [3.63, 3.8) is 0 Å². The minimum absolute atomic E-state index is 0. The Bertz CT molecular complexity index is 285. The standard InChI is InChI=1S/3C2H2O4.2Bi.7H2O/c3*3-1(4)2(5)6;;;;;;;;;/h3*(H,3,4)(H,5,6);;;7*1H2/q;;;2*+3;;;;;;;/p-6. The molecule has 19 nitrogen and oxygen atoms in total. The monoisotopic (exact) mass is 808 g/mol. The van der Waals surface area contributed by atoms with Crippen LogP contribution in [-0.2, 0) is 28.8 Å². The molecule has 0 aliphatic rings. The van der Waals surface area contributed by atoms with E-state index >= 15 is 0 Å². The van der Waals surface area contributed by atoms with E-state index in [0.29, 0.717) is 0 Å². The molecule has 0 aliphatic carbocycles. The van der Waals surface area contributed by atoms with Crippen LogP contribution in [0.15, 0.2) is 0 Å². The summed E-state index contributed by atoms with van der Waals surface area (Å²) in [6.07, 6.45) is 0. The van der Waals surface area contributed by atoms with Gasteiger partial charge in [0.25, 0.3) is 0 Å². The van der Waals surface area contributed by atoms with E-state index in [1.807, 2.05) is 0 Å². The van der Waals surface area contributed by atoms with E-state index in [9.17, 15) is 0 Å². The summed E-state index contributed by atoms with van der Waals surface area (Å²) in [7, 11) is 0. The zero-order chi connectivity index (χ0) is 15.5. The maximum atomic E-state index is 8.93. The van der Waals surface area contributed by atoms with Crippen molar-refractivity contribution in [1.29, 1.82) is 0 Å². The molecule has 0 fully saturated rings. The zero-order valence-electron chi connectivity index (χ0n) is 12.3. The number of carbonyl (C=O) groups excluding carboxylic acids is 6. The Morgan fingerprint density at radius 1 is 0.296 bits per heavy atom. The third-order valence-corrected chi connectivity index (χ3v) is 0.500. The molecule has 0 saturated heterocycles. The molecule has 0 spiro atoms. The first kappa shape index (κ1) is 84.4. The molecular weight excluding hydrogens is 794 g/mol. The van der Waals surface area contributed by atoms with E-state index in [4.69, 9.17) is 59.4 Å². The SMILES string of the molecule is O.O.O.O.O.O.O.O=C([O-])C(=O)[O-].O=C([O-])C(=O)[O-].O=C([O-])C(=O)[O-].[Bi+3].[Bi+3]. The molecule has 162 valence electrons. The van der Waals surface area contributed by atoms with Crippen molar-refractivity contribution in [2.75, 3.05) is 0 Å². The van der Waals surface area contributed by atoms with Gasteiger partial charge in [-0.05, 0) is 0 Å². The molecule has 0 rings (SSSR count). The van der Waals surface area contributed by atoms with E-state index in [1.165, 1.54) is 0 Å². The minimum Gasteiger partial charge on any atom is -0.543 e. The molecule has 0 aromatic heterocycles. The third kappa shape index (κ3) is 114. The average molecular weight is 808 g/mol. The Kier molecular flexibility index (Phi) is 155. The van der Waals surface area contributed by atoms with Gasteiger partial charge in [0.1, 0.15) is 0 Å². The molecule has 0 bridgehead atoms. The van der Waals surface area contributed by atoms with Gasteiger partial charge in [0.15, 0.2) is 0 Å². The molecule has 4 radical (unpaired) electrons. The van der Waals surface area contributed by atoms with Gasteiger partial charge in [0.2, 0.25) is 0 Å². The summed E-state index contributed by atoms with van der Waals surface area (Å²) in [5.74, 6) is -13.1. The Labute approximate surface area is 185 Å². The van der Waals surface area contributed by atoms with Crippen molar-refractivity contribution in [2.24, 2.45) is 0 Å². The van der Waals surface area contributed by atoms with Crippen molar-refractivity contribution in [1.82, 2.24) is 0 Å². The summed E-state index contributed by atoms with van der Waals surface area (Å²) in [6, 6.07) is 0. The van der Waals surface area contributed by atoms with Gasteiger partial charge >= 0.3 is 52.4 Å². The Morgan fingerprint density at radius 3 is 0.333 bits per heavy atom. The first-order chi connectivity index (χ1) is 7.93. The first-order valence-electron chi connectivity index (χ1n) is 3.20. The van der Waals surface area contributed by atoms with Gasteiger partial charge in [-0.1, -0.05) is 0 Å². The van der Waals surface area contributed by atoms with Crippen LogP contribution in [0.1, 0.15) is 0 Å². The second kappa shape index (κ2) is 49.7. The van der Waals surface area contributed by atoms with Crippen molar-refractivity contribution in [2.45, 2.75) is 0 Å². The van der Waals surface area contributed by atoms with Gasteiger partial charge in [0, 0.05) is 0 Å². The third-order valence-electron chi connectivity index (χ3n) is 0.500. The fraction of sp³-hybridized carbons (Fsp3) is 0. The van der Waals surface area contributed by atoms with Crippen LogP contribution in [0.4, 0.5) is 0 Å². The maximum absolute atomic E-state index is 8.93. The maximum Gasteiger partial charge on any atom is 3.00 e. The van der Waals surface area contributed by atoms with Gasteiger partial charge in [-0.25, -0.2) is 0 Å². The summed E-state index contributed by atoms with van der Waals surface area (Å²) < 4.78 is 0. The molecule has 14 N–H and O–H groups in total. The van der Waals surface area contributed by atoms with Crippen molar-refractivity contribution < 1.29 is 97.7 Å². The van der Waals surface area contributed by atoms with Crippen molar-refractivity contribution >= 4 is 88.2 Å². The zero-order valence-corrected chi connectivity index (χ0v) is 19.2. The van der Waals surface area contributed by atoms with E-state index in [0.717, 1.165) is 0 Å². The molecule has 21 heteroatoms. The molecule has 0 atom stereocenters. The van der Waals surface area contributed by atoms with Gasteiger partial charge in [0.05, 0.1) is 35.8 Å². The summed E-state index contributed by atoms with van der Waals surface area (Å²) in [6.45, 7) is 0. The van der Waals surface area contributed by atoms with Gasteiger partial charge in [-0.2, -0.15) is 0 Å². The molecular formula is C6H14Bi2O19. The first-order valence-corrected chi connectivity index (χ1v) is 3.20. The largest absolute Gasteiger partial charge is 3.00 e. The van der Waals surface area contributed by atoms with Crippen LogP contribution in [0.5, 0.6) is 0 Å². The number of carboxylic acid groups (broad SMARTS) is 6. The van der Waals surface area contributed by atoms with Crippen LogP contribution in [0, 0.1) is 0 Å². The second-order valence-corrected chi connectivity index (χ2v) is 1.72. The van der Waals surface area contributed by atoms with E-state index in [2.05, 4.69) is 0 Å². The molecule has 0 saturated carbocycles. The van der Waals surface area contributed by atoms with Gasteiger partial charge in [-0.15, -0.1) is 0 Å². The molecule has 0 unspecified atom stereocenters. The average Bonchev–Trinajstić information content (AvgIpc) is 2.18. The summed E-state index contributed by atoms with van der Waals surface area (Å²) >= 11 is 0. The predicted molar refractivity (Wildman–Crippen MR) is 66.8 cm³/mol. The molecule has 0 heterocycles. The summed E-state index contributed by atoms with van der Waals surface area (Å²) in [4.78, 5) is 53.6. The molecule has 0 aliphatic heterocycles. The molecule has 0 aromatic rings. The molecule has 0 aromatic carbocycles. The van der Waals surface area contributed by atoms with Crippen LogP contribution < -0.4 is 30.6 Å². The number of hydrogen-bond donors (Lipinski definition) is 0. The minimum atomic E-state index is -2.19. The van der Waals surface area contributed by atoms with Crippen LogP contribution in [0.25, 0.3) is 0 Å². The Hall–Kier alpha value is -1.69. The summed E-state index contributed by atoms with van der Waals surface area (Å²) in [5.41, 5.74) is 0. The fourth-order valence-corrected chi connectivity index (χ4v) is 0. The number of hydrogen-bond acceptors (Lipinski definition) is 12. The van der Waals surface area contributed by atoms with Crippen LogP contribution >= 0.6 is 0 Å². The topological polar surface area (TPSA) is 461 Å². The van der Waals surface area contributed by atoms with Gasteiger partial charge in [-0.3, -0.25) is 0 Å². The van der Waals surface area contributed by atoms with Crippen LogP contribution in [-0.4, -0.2) is 127 Å². The van der Waals surface area contributed by atoms with E-state index in [1.54, 1.807) is 0 Å². The summed E-state index contributed by atoms with van der Waals surface area (Å²) in [5, 5.41) is 53.6. The molecule has 27 heavy (non-hydrogen) atoms. The van der Waals surface area contributed by atoms with Crippen molar-refractivity contribution in [3.05, 3.63) is 0 Å². The van der Waals surface area contributed by atoms with Crippen LogP contribution in [0.3, 0.4) is 0 Å². The van der Waals surface area contributed by atoms with Crippen molar-refractivity contribution in [3.8, 4) is 0 Å². The van der Waals surface area contributed by atoms with E-state index in [-0.39, 0.29) is 90.7 Å². The number of carboxylic acids is 6. The normalized spacial score (nSPS) is 4.89. The Morgan fingerprint density at radius 2 is 0.333 bits per heavy atom. The quantitative estimate of drug-likeness (QED) is 0.163. The second-order valence-electron chi connectivity index (χ2n) is 1.72. The van der Waals surface area contributed by atoms with E-state index < -0.39 is 35.8 Å². The van der Waals surface area contributed by atoms with Crippen LogP contribution in [0.2, 0.25) is 0 Å². The Balaban J connectivity index is -0.0000000107. The predicted octanol–water partition coefficient (Wildman–Crippen LogP) is -17.1.